The van der Waals surface area contributed by atoms with Crippen LogP contribution in [0.1, 0.15) is 25.2 Å². The molecule has 5 rings (SSSR count). The highest BCUT2D eigenvalue weighted by atomic mass is 19.1. The number of H-pyrrole nitrogens is 1. The maximum absolute atomic E-state index is 14.5. The lowest BCUT2D eigenvalue weighted by Crippen LogP contribution is -2.34. The molecule has 3 N–H and O–H groups in total. The summed E-state index contributed by atoms with van der Waals surface area (Å²) in [5.74, 6) is 0.217. The van der Waals surface area contributed by atoms with Gasteiger partial charge in [0.25, 0.3) is 5.56 Å². The molecule has 0 amide bonds. The number of halogens is 1. The zero-order valence-corrected chi connectivity index (χ0v) is 17.0. The first-order chi connectivity index (χ1) is 15.7. The summed E-state index contributed by atoms with van der Waals surface area (Å²) in [5.41, 5.74) is 4.42. The number of aromatic nitrogens is 7. The van der Waals surface area contributed by atoms with Gasteiger partial charge in [0.05, 0.1) is 29.8 Å². The first-order valence-electron chi connectivity index (χ1n) is 9.94. The fourth-order valence-corrected chi connectivity index (χ4v) is 3.49. The molecule has 0 aliphatic heterocycles. The number of imidazole rings is 1. The lowest BCUT2D eigenvalue weighted by molar-refractivity contribution is 0.622. The average Bonchev–Trinajstić information content (AvgIpc) is 3.30. The van der Waals surface area contributed by atoms with E-state index in [4.69, 9.17) is 0 Å². The van der Waals surface area contributed by atoms with Crippen molar-refractivity contribution in [2.75, 3.05) is 10.7 Å². The summed E-state index contributed by atoms with van der Waals surface area (Å²) >= 11 is 0. The molecule has 32 heavy (non-hydrogen) atoms. The predicted octanol–water partition coefficient (Wildman–Crippen LogP) is 3.04. The summed E-state index contributed by atoms with van der Waals surface area (Å²) in [6, 6.07) is 7.41. The van der Waals surface area contributed by atoms with E-state index < -0.39 is 17.4 Å². The van der Waals surface area contributed by atoms with Crippen molar-refractivity contribution in [3.63, 3.8) is 0 Å². The molecule has 1 atom stereocenters. The largest absolute Gasteiger partial charge is 0.358 e. The number of hydrogen-bond acceptors (Lipinski definition) is 8. The Morgan fingerprint density at radius 3 is 2.91 bits per heavy atom. The van der Waals surface area contributed by atoms with E-state index in [1.807, 2.05) is 6.92 Å². The molecule has 0 aliphatic carbocycles. The minimum atomic E-state index is -0.636. The molecule has 1 aromatic carbocycles. The van der Waals surface area contributed by atoms with E-state index >= 15 is 0 Å². The van der Waals surface area contributed by atoms with Crippen LogP contribution in [0.25, 0.3) is 22.1 Å². The molecule has 0 fully saturated rings. The van der Waals surface area contributed by atoms with Gasteiger partial charge in [0.1, 0.15) is 23.0 Å². The number of fused-ring (bicyclic) bond motifs is 2. The fourth-order valence-electron chi connectivity index (χ4n) is 3.49. The third-order valence-electron chi connectivity index (χ3n) is 5.02. The Balaban J connectivity index is 1.67. The summed E-state index contributed by atoms with van der Waals surface area (Å²) in [5, 5.41) is 3.20. The monoisotopic (exact) mass is 431 g/mol. The van der Waals surface area contributed by atoms with E-state index in [1.54, 1.807) is 30.6 Å². The average molecular weight is 431 g/mol. The smallest absolute Gasteiger partial charge is 0.283 e. The minimum absolute atomic E-state index is 0.0979. The number of nitrogens with one attached hydrogen (secondary N) is 3. The van der Waals surface area contributed by atoms with Gasteiger partial charge in [0, 0.05) is 6.20 Å². The van der Waals surface area contributed by atoms with Crippen molar-refractivity contribution < 1.29 is 4.39 Å². The zero-order valence-electron chi connectivity index (χ0n) is 17.0. The van der Waals surface area contributed by atoms with Gasteiger partial charge in [-0.3, -0.25) is 15.2 Å². The molecule has 11 heteroatoms. The topological polar surface area (TPSA) is 126 Å². The molecular formula is C21H18FN9O. The molecule has 0 bridgehead atoms. The van der Waals surface area contributed by atoms with Crippen LogP contribution in [0.3, 0.4) is 0 Å². The van der Waals surface area contributed by atoms with Crippen molar-refractivity contribution in [1.29, 1.82) is 0 Å². The SMILES string of the molecule is CCC(Nc1ncnc2[nH]cnc12)c1nc2cccc(F)c2c(=O)n1Nc1cccnc1. The Kier molecular flexibility index (Phi) is 4.90. The quantitative estimate of drug-likeness (QED) is 0.375. The third kappa shape index (κ3) is 3.39. The summed E-state index contributed by atoms with van der Waals surface area (Å²) in [4.78, 5) is 37.7. The molecular weight excluding hydrogens is 413 g/mol. The lowest BCUT2D eigenvalue weighted by Gasteiger charge is -2.22. The second-order valence-electron chi connectivity index (χ2n) is 7.03. The molecule has 0 saturated carbocycles. The van der Waals surface area contributed by atoms with Gasteiger partial charge in [-0.2, -0.15) is 0 Å². The van der Waals surface area contributed by atoms with Crippen LogP contribution in [-0.2, 0) is 0 Å². The Bertz CT molecular complexity index is 1470. The van der Waals surface area contributed by atoms with Gasteiger partial charge >= 0.3 is 0 Å². The van der Waals surface area contributed by atoms with E-state index in [1.165, 1.54) is 29.5 Å². The highest BCUT2D eigenvalue weighted by Crippen LogP contribution is 2.25. The summed E-state index contributed by atoms with van der Waals surface area (Å²) < 4.78 is 15.8. The summed E-state index contributed by atoms with van der Waals surface area (Å²) in [6.45, 7) is 1.94. The number of aromatic amines is 1. The predicted molar refractivity (Wildman–Crippen MR) is 118 cm³/mol. The van der Waals surface area contributed by atoms with Gasteiger partial charge in [-0.15, -0.1) is 0 Å². The number of rotatable bonds is 6. The highest BCUT2D eigenvalue weighted by Gasteiger charge is 2.22. The number of hydrogen-bond donors (Lipinski definition) is 3. The van der Waals surface area contributed by atoms with Crippen LogP contribution < -0.4 is 16.3 Å². The van der Waals surface area contributed by atoms with Crippen LogP contribution >= 0.6 is 0 Å². The Morgan fingerprint density at radius 1 is 1.19 bits per heavy atom. The van der Waals surface area contributed by atoms with Crippen LogP contribution in [0.15, 0.2) is 60.2 Å². The number of pyridine rings is 1. The van der Waals surface area contributed by atoms with Crippen molar-refractivity contribution in [1.82, 2.24) is 34.6 Å². The molecule has 0 spiro atoms. The van der Waals surface area contributed by atoms with E-state index in [0.717, 1.165) is 0 Å². The molecule has 0 radical (unpaired) electrons. The maximum atomic E-state index is 14.5. The molecule has 4 heterocycles. The van der Waals surface area contributed by atoms with E-state index in [9.17, 15) is 9.18 Å². The number of benzene rings is 1. The second kappa shape index (κ2) is 8.02. The van der Waals surface area contributed by atoms with Gasteiger partial charge < -0.3 is 10.3 Å². The van der Waals surface area contributed by atoms with Crippen molar-refractivity contribution >= 4 is 33.6 Å². The maximum Gasteiger partial charge on any atom is 0.283 e. The standard InChI is InChI=1S/C21H18FN9O/c1-2-14(28-19-17-18(25-10-24-17)26-11-27-19)20-29-15-7-3-6-13(22)16(15)21(32)31(20)30-12-5-4-8-23-9-12/h3-11,14,30H,2H2,1H3,(H2,24,25,26,27,28). The van der Waals surface area contributed by atoms with E-state index in [2.05, 4.69) is 40.6 Å². The molecule has 0 aliphatic rings. The summed E-state index contributed by atoms with van der Waals surface area (Å²) in [7, 11) is 0. The molecule has 5 aromatic rings. The molecule has 10 nitrogen and oxygen atoms in total. The van der Waals surface area contributed by atoms with Gasteiger partial charge in [-0.25, -0.2) is 29.0 Å². The van der Waals surface area contributed by atoms with Crippen molar-refractivity contribution in [2.24, 2.45) is 0 Å². The van der Waals surface area contributed by atoms with Gasteiger partial charge in [-0.1, -0.05) is 13.0 Å². The molecule has 160 valence electrons. The zero-order chi connectivity index (χ0) is 22.1. The van der Waals surface area contributed by atoms with Crippen LogP contribution in [0.4, 0.5) is 15.9 Å². The first-order valence-corrected chi connectivity index (χ1v) is 9.94. The number of nitrogens with zero attached hydrogens (tertiary/aromatic N) is 6. The Labute approximate surface area is 180 Å². The van der Waals surface area contributed by atoms with Crippen molar-refractivity contribution in [3.05, 3.63) is 77.4 Å². The van der Waals surface area contributed by atoms with Crippen LogP contribution in [-0.4, -0.2) is 34.6 Å². The van der Waals surface area contributed by atoms with Crippen molar-refractivity contribution in [2.45, 2.75) is 19.4 Å². The van der Waals surface area contributed by atoms with Crippen LogP contribution in [0, 0.1) is 5.82 Å². The fraction of sp³-hybridized carbons (Fsp3) is 0.143. The van der Waals surface area contributed by atoms with Gasteiger partial charge in [-0.05, 0) is 30.7 Å². The van der Waals surface area contributed by atoms with Crippen molar-refractivity contribution in [3.8, 4) is 0 Å². The van der Waals surface area contributed by atoms with Gasteiger partial charge in [0.15, 0.2) is 17.3 Å². The van der Waals surface area contributed by atoms with Crippen LogP contribution in [0.5, 0.6) is 0 Å². The normalized spacial score (nSPS) is 12.2. The second-order valence-corrected chi connectivity index (χ2v) is 7.03. The van der Waals surface area contributed by atoms with Crippen LogP contribution in [0.2, 0.25) is 0 Å². The molecule has 1 unspecified atom stereocenters. The van der Waals surface area contributed by atoms with Gasteiger partial charge in [0.2, 0.25) is 0 Å². The third-order valence-corrected chi connectivity index (χ3v) is 5.02. The summed E-state index contributed by atoms with van der Waals surface area (Å²) in [6.07, 6.45) is 6.68. The number of anilines is 2. The Hall–Kier alpha value is -4.41. The highest BCUT2D eigenvalue weighted by molar-refractivity contribution is 5.82. The molecule has 0 saturated heterocycles. The molecule has 4 aromatic heterocycles. The first kappa shape index (κ1) is 19.5. The Morgan fingerprint density at radius 2 is 2.09 bits per heavy atom. The minimum Gasteiger partial charge on any atom is -0.358 e. The lowest BCUT2D eigenvalue weighted by atomic mass is 10.1. The van der Waals surface area contributed by atoms with E-state index in [-0.39, 0.29) is 10.9 Å². The van der Waals surface area contributed by atoms with E-state index in [0.29, 0.717) is 34.9 Å².